The predicted octanol–water partition coefficient (Wildman–Crippen LogP) is 6.03. The normalized spacial score (nSPS) is 22.0. The van der Waals surface area contributed by atoms with Crippen LogP contribution in [0.15, 0.2) is 47.5 Å². The molecule has 3 aliphatic rings. The van der Waals surface area contributed by atoms with Crippen LogP contribution < -0.4 is 10.5 Å². The molecule has 1 aromatic carbocycles. The maximum atomic E-state index is 13.2. The van der Waals surface area contributed by atoms with Crippen LogP contribution in [0.3, 0.4) is 0 Å². The summed E-state index contributed by atoms with van der Waals surface area (Å²) < 4.78 is 8.19. The molecule has 1 saturated carbocycles. The molecule has 11 heteroatoms. The van der Waals surface area contributed by atoms with Crippen molar-refractivity contribution < 1.29 is 14.6 Å². The molecule has 7 rings (SSSR count). The zero-order valence-electron chi connectivity index (χ0n) is 28.4. The van der Waals surface area contributed by atoms with Crippen LogP contribution in [0.5, 0.6) is 0 Å². The minimum Gasteiger partial charge on any atom is -0.444 e. The number of benzene rings is 1. The number of aromatic nitrogens is 3. The van der Waals surface area contributed by atoms with Crippen molar-refractivity contribution in [3.05, 3.63) is 74.6 Å². The van der Waals surface area contributed by atoms with Gasteiger partial charge in [0.15, 0.2) is 0 Å². The number of likely N-dealkylation sites (tertiary alicyclic amines) is 1. The van der Waals surface area contributed by atoms with Crippen molar-refractivity contribution in [2.45, 2.75) is 89.9 Å². The predicted molar refractivity (Wildman–Crippen MR) is 186 cm³/mol. The molecule has 2 aliphatic heterocycles. The van der Waals surface area contributed by atoms with Crippen molar-refractivity contribution in [2.75, 3.05) is 24.6 Å². The summed E-state index contributed by atoms with van der Waals surface area (Å²) in [5.74, 6) is 0.884. The van der Waals surface area contributed by atoms with Gasteiger partial charge in [-0.15, -0.1) is 11.3 Å². The van der Waals surface area contributed by atoms with E-state index in [4.69, 9.17) is 9.72 Å². The number of aliphatic hydroxyl groups excluding tert-OH is 1. The van der Waals surface area contributed by atoms with Crippen molar-refractivity contribution in [3.63, 3.8) is 0 Å². The molecule has 2 fully saturated rings. The SMILES string of the molecule is CC(C)(C)OC(=O)N1C[C@H](N2C[C@@H]3C[C@@H]3c3cc(C#N)cc(-c4ccnc5cc(Cn6ncc(C(C)(C)C)cc6=O)sc45)c32)C[C@@H]1CO. The maximum Gasteiger partial charge on any atom is 0.410 e. The number of carbonyl (C=O) groups is 1. The quantitative estimate of drug-likeness (QED) is 0.274. The Bertz CT molecular complexity index is 2020. The lowest BCUT2D eigenvalue weighted by Crippen LogP contribution is -2.44. The Balaban J connectivity index is 1.28. The first-order valence-corrected chi connectivity index (χ1v) is 17.5. The van der Waals surface area contributed by atoms with Crippen LogP contribution in [0, 0.1) is 17.2 Å². The van der Waals surface area contributed by atoms with E-state index in [1.807, 2.05) is 45.0 Å². The van der Waals surface area contributed by atoms with Crippen LogP contribution in [0.4, 0.5) is 10.5 Å². The van der Waals surface area contributed by atoms with Gasteiger partial charge in [0, 0.05) is 53.1 Å². The number of pyridine rings is 1. The van der Waals surface area contributed by atoms with Crippen molar-refractivity contribution in [3.8, 4) is 17.2 Å². The highest BCUT2D eigenvalue weighted by molar-refractivity contribution is 7.19. The largest absolute Gasteiger partial charge is 0.444 e. The number of nitrogens with zero attached hydrogens (tertiary/aromatic N) is 6. The average Bonchev–Trinajstić information content (AvgIpc) is 3.49. The minimum atomic E-state index is -0.638. The molecule has 48 heavy (non-hydrogen) atoms. The molecule has 1 aliphatic carbocycles. The van der Waals surface area contributed by atoms with Gasteiger partial charge in [0.25, 0.3) is 5.56 Å². The molecular weight excluding hydrogens is 625 g/mol. The summed E-state index contributed by atoms with van der Waals surface area (Å²) in [6, 6.07) is 11.7. The van der Waals surface area contributed by atoms with Crippen LogP contribution in [-0.4, -0.2) is 68.2 Å². The van der Waals surface area contributed by atoms with Crippen molar-refractivity contribution in [1.82, 2.24) is 19.7 Å². The Morgan fingerprint density at radius 1 is 1.10 bits per heavy atom. The molecule has 10 nitrogen and oxygen atoms in total. The Kier molecular flexibility index (Phi) is 7.87. The number of nitriles is 1. The Labute approximate surface area is 284 Å². The minimum absolute atomic E-state index is 0.0214. The summed E-state index contributed by atoms with van der Waals surface area (Å²) in [6.07, 6.45) is 4.85. The van der Waals surface area contributed by atoms with E-state index in [1.54, 1.807) is 34.7 Å². The van der Waals surface area contributed by atoms with Crippen molar-refractivity contribution >= 4 is 33.3 Å². The van der Waals surface area contributed by atoms with E-state index in [9.17, 15) is 20.0 Å². The second-order valence-electron chi connectivity index (χ2n) is 15.5. The van der Waals surface area contributed by atoms with Crippen molar-refractivity contribution in [1.29, 1.82) is 5.26 Å². The number of rotatable bonds is 5. The molecule has 5 heterocycles. The van der Waals surface area contributed by atoms with E-state index in [-0.39, 0.29) is 29.7 Å². The van der Waals surface area contributed by atoms with Crippen LogP contribution in [0.2, 0.25) is 0 Å². The van der Waals surface area contributed by atoms with E-state index in [1.165, 1.54) is 10.2 Å². The first-order valence-electron chi connectivity index (χ1n) is 16.6. The monoisotopic (exact) mass is 666 g/mol. The van der Waals surface area contributed by atoms with Gasteiger partial charge in [-0.25, -0.2) is 9.48 Å². The summed E-state index contributed by atoms with van der Waals surface area (Å²) in [6.45, 7) is 13.2. The van der Waals surface area contributed by atoms with E-state index in [2.05, 4.69) is 36.8 Å². The van der Waals surface area contributed by atoms with Gasteiger partial charge in [0.05, 0.1) is 47.2 Å². The van der Waals surface area contributed by atoms with Gasteiger partial charge in [-0.3, -0.25) is 9.78 Å². The molecule has 0 radical (unpaired) electrons. The van der Waals surface area contributed by atoms with Gasteiger partial charge < -0.3 is 19.6 Å². The fourth-order valence-electron chi connectivity index (χ4n) is 7.26. The van der Waals surface area contributed by atoms with E-state index in [0.29, 0.717) is 36.9 Å². The molecule has 4 aromatic rings. The molecule has 1 N–H and O–H groups in total. The highest BCUT2D eigenvalue weighted by Gasteiger charge is 2.50. The summed E-state index contributed by atoms with van der Waals surface area (Å²) in [7, 11) is 0. The molecule has 250 valence electrons. The van der Waals surface area contributed by atoms with Gasteiger partial charge in [-0.2, -0.15) is 10.4 Å². The van der Waals surface area contributed by atoms with Crippen LogP contribution in [-0.2, 0) is 16.7 Å². The average molecular weight is 667 g/mol. The molecule has 0 spiro atoms. The number of carbonyl (C=O) groups excluding carboxylic acids is 1. The fourth-order valence-corrected chi connectivity index (χ4v) is 8.38. The summed E-state index contributed by atoms with van der Waals surface area (Å²) >= 11 is 1.59. The zero-order valence-corrected chi connectivity index (χ0v) is 29.2. The molecular formula is C37H42N6O4S. The number of amides is 1. The topological polar surface area (TPSA) is 125 Å². The third-order valence-corrected chi connectivity index (χ3v) is 10.9. The molecule has 4 atom stereocenters. The number of thiophene rings is 1. The van der Waals surface area contributed by atoms with E-state index in [0.717, 1.165) is 50.4 Å². The summed E-state index contributed by atoms with van der Waals surface area (Å²) in [5, 5.41) is 24.9. The first-order chi connectivity index (χ1) is 22.7. The van der Waals surface area contributed by atoms with Gasteiger partial charge in [-0.1, -0.05) is 20.8 Å². The van der Waals surface area contributed by atoms with Gasteiger partial charge >= 0.3 is 6.09 Å². The third-order valence-electron chi connectivity index (χ3n) is 9.78. The lowest BCUT2D eigenvalue weighted by molar-refractivity contribution is 0.0174. The summed E-state index contributed by atoms with van der Waals surface area (Å²) in [5.41, 5.74) is 5.61. The Morgan fingerprint density at radius 3 is 2.58 bits per heavy atom. The van der Waals surface area contributed by atoms with Crippen LogP contribution >= 0.6 is 11.3 Å². The molecule has 0 unspecified atom stereocenters. The third kappa shape index (κ3) is 5.96. The van der Waals surface area contributed by atoms with E-state index >= 15 is 0 Å². The fraction of sp³-hybridized carbons (Fsp3) is 0.486. The number of anilines is 1. The molecule has 1 amide bonds. The van der Waals surface area contributed by atoms with E-state index < -0.39 is 11.7 Å². The smallest absolute Gasteiger partial charge is 0.410 e. The van der Waals surface area contributed by atoms with Crippen LogP contribution in [0.1, 0.15) is 81.9 Å². The highest BCUT2D eigenvalue weighted by atomic mass is 32.1. The first kappa shape index (κ1) is 32.3. The Morgan fingerprint density at radius 2 is 1.90 bits per heavy atom. The summed E-state index contributed by atoms with van der Waals surface area (Å²) in [4.78, 5) is 36.0. The van der Waals surface area contributed by atoms with Gasteiger partial charge in [-0.05, 0) is 86.3 Å². The number of hydrogen-bond acceptors (Lipinski definition) is 9. The van der Waals surface area contributed by atoms with Crippen molar-refractivity contribution in [2.24, 2.45) is 5.92 Å². The second kappa shape index (κ2) is 11.7. The van der Waals surface area contributed by atoms with Crippen LogP contribution in [0.25, 0.3) is 21.3 Å². The number of aliphatic hydroxyl groups is 1. The zero-order chi connectivity index (χ0) is 34.1. The van der Waals surface area contributed by atoms with Gasteiger partial charge in [0.2, 0.25) is 0 Å². The Hall–Kier alpha value is -4.27. The standard InChI is InChI=1S/C37H42N6O4S/c1-36(2,3)23-12-32(45)43(40-16-23)19-26-14-31-34(48-26)27(7-8-39-31)29-9-21(15-38)10-30-28-11-22(28)17-41(33(29)30)24-13-25(20-44)42(18-24)35(46)47-37(4,5)6/h7-10,12,14,16,22,24-25,28,44H,11,13,17-20H2,1-6H3/t22-,24+,25+,28-/m0/s1. The highest BCUT2D eigenvalue weighted by Crippen LogP contribution is 2.58. The number of ether oxygens (including phenoxy) is 1. The number of fused-ring (bicyclic) bond motifs is 4. The molecule has 0 bridgehead atoms. The lowest BCUT2D eigenvalue weighted by Gasteiger charge is -2.38. The lowest BCUT2D eigenvalue weighted by atomic mass is 9.89. The maximum absolute atomic E-state index is 13.2. The molecule has 3 aromatic heterocycles. The number of hydrogen-bond donors (Lipinski definition) is 1. The van der Waals surface area contributed by atoms with Gasteiger partial charge in [0.1, 0.15) is 5.60 Å². The molecule has 1 saturated heterocycles. The second-order valence-corrected chi connectivity index (χ2v) is 16.6.